The summed E-state index contributed by atoms with van der Waals surface area (Å²) in [6.45, 7) is 0.319. The van der Waals surface area contributed by atoms with Crippen molar-refractivity contribution in [1.82, 2.24) is 5.32 Å². The lowest BCUT2D eigenvalue weighted by Crippen LogP contribution is -2.29. The lowest BCUT2D eigenvalue weighted by atomic mass is 10.1. The summed E-state index contributed by atoms with van der Waals surface area (Å²) in [7, 11) is 1.58. The van der Waals surface area contributed by atoms with Gasteiger partial charge in [0.05, 0.1) is 10.6 Å². The fourth-order valence-corrected chi connectivity index (χ4v) is 2.70. The van der Waals surface area contributed by atoms with Crippen LogP contribution in [-0.2, 0) is 4.74 Å². The van der Waals surface area contributed by atoms with Gasteiger partial charge in [-0.15, -0.1) is 0 Å². The van der Waals surface area contributed by atoms with Crippen LogP contribution < -0.4 is 5.32 Å². The van der Waals surface area contributed by atoms with E-state index in [1.54, 1.807) is 18.4 Å². The molecule has 1 N–H and O–H groups in total. The van der Waals surface area contributed by atoms with Gasteiger partial charge in [-0.3, -0.25) is 4.79 Å². The minimum Gasteiger partial charge on any atom is -0.375 e. The molecular formula is C14H13ClFNO2S. The average Bonchev–Trinajstić information content (AvgIpc) is 2.93. The monoisotopic (exact) mass is 313 g/mol. The van der Waals surface area contributed by atoms with Gasteiger partial charge in [-0.2, -0.15) is 11.3 Å². The summed E-state index contributed by atoms with van der Waals surface area (Å²) in [5, 5.41) is 6.73. The number of rotatable bonds is 5. The SMILES string of the molecule is COC(CNC(=O)c1ccc(F)cc1Cl)c1ccsc1. The van der Waals surface area contributed by atoms with Crippen LogP contribution >= 0.6 is 22.9 Å². The number of halogens is 2. The summed E-state index contributed by atoms with van der Waals surface area (Å²) in [6.07, 6.45) is -0.218. The second-order valence-corrected chi connectivity index (χ2v) is 5.30. The molecule has 0 aliphatic rings. The van der Waals surface area contributed by atoms with Crippen molar-refractivity contribution >= 4 is 28.8 Å². The van der Waals surface area contributed by atoms with Crippen LogP contribution in [-0.4, -0.2) is 19.6 Å². The molecule has 3 nitrogen and oxygen atoms in total. The first-order chi connectivity index (χ1) is 9.61. The van der Waals surface area contributed by atoms with Crippen molar-refractivity contribution in [3.05, 3.63) is 57.0 Å². The number of thiophene rings is 1. The molecule has 1 aromatic carbocycles. The van der Waals surface area contributed by atoms with Crippen LogP contribution in [0.15, 0.2) is 35.0 Å². The van der Waals surface area contributed by atoms with Crippen molar-refractivity contribution in [2.45, 2.75) is 6.10 Å². The number of ether oxygens (including phenoxy) is 1. The zero-order chi connectivity index (χ0) is 14.5. The molecule has 0 bridgehead atoms. The quantitative estimate of drug-likeness (QED) is 0.915. The number of benzene rings is 1. The first-order valence-corrected chi connectivity index (χ1v) is 7.22. The number of amides is 1. The Morgan fingerprint density at radius 1 is 1.50 bits per heavy atom. The molecule has 0 saturated carbocycles. The molecule has 1 atom stereocenters. The van der Waals surface area contributed by atoms with E-state index in [-0.39, 0.29) is 22.6 Å². The van der Waals surface area contributed by atoms with Crippen LogP contribution in [0.1, 0.15) is 22.0 Å². The summed E-state index contributed by atoms with van der Waals surface area (Å²) in [4.78, 5) is 12.0. The minimum absolute atomic E-state index is 0.0898. The van der Waals surface area contributed by atoms with Gasteiger partial charge < -0.3 is 10.1 Å². The number of nitrogens with one attached hydrogen (secondary N) is 1. The van der Waals surface area contributed by atoms with Crippen molar-refractivity contribution < 1.29 is 13.9 Å². The topological polar surface area (TPSA) is 38.3 Å². The third kappa shape index (κ3) is 3.56. The second-order valence-electron chi connectivity index (χ2n) is 4.12. The first kappa shape index (κ1) is 15.0. The highest BCUT2D eigenvalue weighted by Crippen LogP contribution is 2.20. The van der Waals surface area contributed by atoms with E-state index in [2.05, 4.69) is 5.32 Å². The van der Waals surface area contributed by atoms with Crippen molar-refractivity contribution in [1.29, 1.82) is 0 Å². The minimum atomic E-state index is -0.473. The van der Waals surface area contributed by atoms with Crippen LogP contribution in [0.4, 0.5) is 4.39 Å². The van der Waals surface area contributed by atoms with Crippen LogP contribution in [0, 0.1) is 5.82 Å². The van der Waals surface area contributed by atoms with Gasteiger partial charge in [-0.25, -0.2) is 4.39 Å². The summed E-state index contributed by atoms with van der Waals surface area (Å²) in [5.74, 6) is -0.827. The van der Waals surface area contributed by atoms with E-state index in [0.29, 0.717) is 6.54 Å². The Balaban J connectivity index is 2.01. The Morgan fingerprint density at radius 2 is 2.30 bits per heavy atom. The van der Waals surface area contributed by atoms with Gasteiger partial charge in [0, 0.05) is 13.7 Å². The third-order valence-electron chi connectivity index (χ3n) is 2.82. The average molecular weight is 314 g/mol. The van der Waals surface area contributed by atoms with E-state index in [0.717, 1.165) is 11.6 Å². The Bertz CT molecular complexity index is 589. The highest BCUT2D eigenvalue weighted by Gasteiger charge is 2.15. The molecule has 20 heavy (non-hydrogen) atoms. The Labute approximate surface area is 125 Å². The van der Waals surface area contributed by atoms with Crippen LogP contribution in [0.3, 0.4) is 0 Å². The number of carbonyl (C=O) groups is 1. The van der Waals surface area contributed by atoms with Crippen LogP contribution in [0.5, 0.6) is 0 Å². The van der Waals surface area contributed by atoms with E-state index in [9.17, 15) is 9.18 Å². The number of methoxy groups -OCH3 is 1. The molecule has 6 heteroatoms. The van der Waals surface area contributed by atoms with E-state index < -0.39 is 5.82 Å². The van der Waals surface area contributed by atoms with E-state index in [4.69, 9.17) is 16.3 Å². The molecule has 0 aliphatic heterocycles. The van der Waals surface area contributed by atoms with Crippen molar-refractivity contribution in [2.24, 2.45) is 0 Å². The highest BCUT2D eigenvalue weighted by molar-refractivity contribution is 7.07. The zero-order valence-corrected chi connectivity index (χ0v) is 12.3. The summed E-state index contributed by atoms with van der Waals surface area (Å²) >= 11 is 7.41. The molecule has 1 aromatic heterocycles. The number of hydrogen-bond acceptors (Lipinski definition) is 3. The number of hydrogen-bond donors (Lipinski definition) is 1. The normalized spacial score (nSPS) is 12.2. The Kier molecular flexibility index (Phi) is 5.11. The zero-order valence-electron chi connectivity index (χ0n) is 10.7. The maximum Gasteiger partial charge on any atom is 0.252 e. The molecule has 0 fully saturated rings. The van der Waals surface area contributed by atoms with Crippen molar-refractivity contribution in [3.8, 4) is 0 Å². The van der Waals surface area contributed by atoms with Gasteiger partial charge >= 0.3 is 0 Å². The summed E-state index contributed by atoms with van der Waals surface area (Å²) in [6, 6.07) is 5.62. The lowest BCUT2D eigenvalue weighted by molar-refractivity contribution is 0.0829. The largest absolute Gasteiger partial charge is 0.375 e. The molecule has 0 aliphatic carbocycles. The molecular weight excluding hydrogens is 301 g/mol. The van der Waals surface area contributed by atoms with Crippen molar-refractivity contribution in [2.75, 3.05) is 13.7 Å². The molecule has 1 heterocycles. The van der Waals surface area contributed by atoms with Gasteiger partial charge in [0.2, 0.25) is 0 Å². The van der Waals surface area contributed by atoms with E-state index in [1.807, 2.05) is 16.8 Å². The molecule has 0 saturated heterocycles. The second kappa shape index (κ2) is 6.83. The molecule has 0 spiro atoms. The Morgan fingerprint density at radius 3 is 2.90 bits per heavy atom. The van der Waals surface area contributed by atoms with Gasteiger partial charge in [0.15, 0.2) is 0 Å². The molecule has 1 unspecified atom stereocenters. The van der Waals surface area contributed by atoms with Crippen LogP contribution in [0.2, 0.25) is 5.02 Å². The smallest absolute Gasteiger partial charge is 0.252 e. The van der Waals surface area contributed by atoms with Gasteiger partial charge in [-0.1, -0.05) is 11.6 Å². The van der Waals surface area contributed by atoms with Crippen molar-refractivity contribution in [3.63, 3.8) is 0 Å². The van der Waals surface area contributed by atoms with Gasteiger partial charge in [0.1, 0.15) is 11.9 Å². The van der Waals surface area contributed by atoms with Gasteiger partial charge in [0.25, 0.3) is 5.91 Å². The maximum absolute atomic E-state index is 12.9. The van der Waals surface area contributed by atoms with Crippen LogP contribution in [0.25, 0.3) is 0 Å². The summed E-state index contributed by atoms with van der Waals surface area (Å²) < 4.78 is 18.3. The molecule has 1 amide bonds. The van der Waals surface area contributed by atoms with E-state index in [1.165, 1.54) is 12.1 Å². The molecule has 106 valence electrons. The first-order valence-electron chi connectivity index (χ1n) is 5.90. The predicted octanol–water partition coefficient (Wildman–Crippen LogP) is 3.66. The Hall–Kier alpha value is -1.43. The fourth-order valence-electron chi connectivity index (χ4n) is 1.75. The summed E-state index contributed by atoms with van der Waals surface area (Å²) in [5.41, 5.74) is 1.25. The molecule has 2 rings (SSSR count). The predicted molar refractivity (Wildman–Crippen MR) is 77.8 cm³/mol. The molecule has 0 radical (unpaired) electrons. The van der Waals surface area contributed by atoms with Gasteiger partial charge in [-0.05, 0) is 40.6 Å². The third-order valence-corrected chi connectivity index (χ3v) is 3.84. The lowest BCUT2D eigenvalue weighted by Gasteiger charge is -2.15. The molecule has 2 aromatic rings. The van der Waals surface area contributed by atoms with E-state index >= 15 is 0 Å². The highest BCUT2D eigenvalue weighted by atomic mass is 35.5. The maximum atomic E-state index is 12.9. The number of carbonyl (C=O) groups excluding carboxylic acids is 1. The standard InChI is InChI=1S/C14H13ClFNO2S/c1-19-13(9-4-5-20-8-9)7-17-14(18)11-3-2-10(16)6-12(11)15/h2-6,8,13H,7H2,1H3,(H,17,18). The fraction of sp³-hybridized carbons (Fsp3) is 0.214.